The molecule has 1 amide bonds. The van der Waals surface area contributed by atoms with Gasteiger partial charge in [0, 0.05) is 40.6 Å². The van der Waals surface area contributed by atoms with Crippen LogP contribution in [0.3, 0.4) is 0 Å². The highest BCUT2D eigenvalue weighted by Crippen LogP contribution is 2.34. The minimum absolute atomic E-state index is 0.0165. The Morgan fingerprint density at radius 3 is 2.67 bits per heavy atom. The molecule has 2 atom stereocenters. The van der Waals surface area contributed by atoms with Crippen molar-refractivity contribution >= 4 is 47.3 Å². The third-order valence-electron chi connectivity index (χ3n) is 6.64. The van der Waals surface area contributed by atoms with Crippen LogP contribution in [0.2, 0.25) is 5.02 Å². The number of aromatic nitrogens is 1. The Balaban J connectivity index is 1.40. The largest absolute Gasteiger partial charge is 0.492 e. The van der Waals surface area contributed by atoms with Crippen molar-refractivity contribution < 1.29 is 14.3 Å². The van der Waals surface area contributed by atoms with Gasteiger partial charge in [-0.1, -0.05) is 35.9 Å². The number of carbonyl (C=O) groups excluding carboxylic acids is 1. The smallest absolute Gasteiger partial charge is 0.416 e. The van der Waals surface area contributed by atoms with Crippen molar-refractivity contribution in [3.05, 3.63) is 93.2 Å². The van der Waals surface area contributed by atoms with Gasteiger partial charge in [-0.2, -0.15) is 0 Å². The van der Waals surface area contributed by atoms with Crippen LogP contribution >= 0.6 is 23.2 Å². The van der Waals surface area contributed by atoms with Crippen LogP contribution in [-0.2, 0) is 6.42 Å². The molecule has 2 unspecified atom stereocenters. The Morgan fingerprint density at radius 2 is 1.92 bits per heavy atom. The molecule has 39 heavy (non-hydrogen) atoms. The number of hydrogen-bond donors (Lipinski definition) is 4. The molecular formula is C29H29Cl2N5O3. The predicted molar refractivity (Wildman–Crippen MR) is 154 cm³/mol. The normalized spacial score (nSPS) is 17.9. The summed E-state index contributed by atoms with van der Waals surface area (Å²) in [6.45, 7) is 1.49. The van der Waals surface area contributed by atoms with Crippen LogP contribution in [0.1, 0.15) is 29.3 Å². The zero-order chi connectivity index (χ0) is 27.4. The lowest BCUT2D eigenvalue weighted by Gasteiger charge is -2.35. The number of amidine groups is 1. The summed E-state index contributed by atoms with van der Waals surface area (Å²) in [7, 11) is 0. The first-order chi connectivity index (χ1) is 18.9. The third-order valence-corrected chi connectivity index (χ3v) is 7.19. The van der Waals surface area contributed by atoms with E-state index in [1.165, 1.54) is 11.6 Å². The number of nitrogens with zero attached hydrogens (tertiary/aromatic N) is 1. The topological polar surface area (TPSA) is 116 Å². The Kier molecular flexibility index (Phi) is 8.14. The first-order valence-electron chi connectivity index (χ1n) is 12.7. The van der Waals surface area contributed by atoms with E-state index in [2.05, 4.69) is 22.5 Å². The minimum Gasteiger partial charge on any atom is -0.492 e. The van der Waals surface area contributed by atoms with Crippen LogP contribution < -0.4 is 31.1 Å². The fraction of sp³-hybridized carbons (Fsp3) is 0.241. The second kappa shape index (κ2) is 11.9. The first-order valence-corrected chi connectivity index (χ1v) is 13.5. The number of nitrogens with one attached hydrogen (secondary N) is 3. The standard InChI is InChI=1S/C29H29Cl2N5O3/c30-19-3-8-22(9-4-19)39-29(37)36-15-12-23-24-17-20(31)5-10-25(24)35-27(23)28(36)18-1-6-21(7-2-18)38-16-14-34-13-11-26(32)33/h1-4,6-11,13,17,20,28,34-35H,5,12,14-16H2,(H3,32,33)/b13-11-. The highest BCUT2D eigenvalue weighted by Gasteiger charge is 2.35. The van der Waals surface area contributed by atoms with Gasteiger partial charge in [0.15, 0.2) is 0 Å². The maximum atomic E-state index is 13.4. The number of benzene rings is 2. The van der Waals surface area contributed by atoms with E-state index in [0.717, 1.165) is 28.2 Å². The SMILES string of the molecule is N=C(N)/C=C\NCCOc1ccc(C2c3[nH]c4c(c3CCN2C(=O)Oc2ccc(Cl)cc2)=CC(Cl)CC=4)cc1. The lowest BCUT2D eigenvalue weighted by molar-refractivity contribution is 0.135. The van der Waals surface area contributed by atoms with Crippen LogP contribution in [0, 0.1) is 5.41 Å². The number of H-pyrrole nitrogens is 1. The maximum absolute atomic E-state index is 13.4. The summed E-state index contributed by atoms with van der Waals surface area (Å²) in [5, 5.41) is 12.9. The zero-order valence-electron chi connectivity index (χ0n) is 21.1. The molecular weight excluding hydrogens is 537 g/mol. The van der Waals surface area contributed by atoms with E-state index >= 15 is 0 Å². The van der Waals surface area contributed by atoms with Crippen LogP contribution in [0.4, 0.5) is 4.79 Å². The average molecular weight is 566 g/mol. The summed E-state index contributed by atoms with van der Waals surface area (Å²) >= 11 is 12.4. The molecule has 1 aliphatic carbocycles. The van der Waals surface area contributed by atoms with E-state index in [-0.39, 0.29) is 17.3 Å². The molecule has 0 radical (unpaired) electrons. The molecule has 5 N–H and O–H groups in total. The molecule has 3 aromatic rings. The van der Waals surface area contributed by atoms with E-state index in [1.807, 2.05) is 24.3 Å². The summed E-state index contributed by atoms with van der Waals surface area (Å²) < 4.78 is 11.6. The molecule has 0 saturated carbocycles. The van der Waals surface area contributed by atoms with Crippen molar-refractivity contribution in [2.45, 2.75) is 24.3 Å². The van der Waals surface area contributed by atoms with Crippen LogP contribution in [0.15, 0.2) is 60.8 Å². The van der Waals surface area contributed by atoms with E-state index < -0.39 is 6.09 Å². The maximum Gasteiger partial charge on any atom is 0.416 e. The molecule has 1 aromatic heterocycles. The van der Waals surface area contributed by atoms with Gasteiger partial charge in [-0.15, -0.1) is 11.6 Å². The monoisotopic (exact) mass is 565 g/mol. The van der Waals surface area contributed by atoms with Gasteiger partial charge in [-0.3, -0.25) is 10.3 Å². The van der Waals surface area contributed by atoms with Gasteiger partial charge in [-0.05, 0) is 66.4 Å². The fourth-order valence-electron chi connectivity index (χ4n) is 4.86. The highest BCUT2D eigenvalue weighted by atomic mass is 35.5. The summed E-state index contributed by atoms with van der Waals surface area (Å²) in [5.41, 5.74) is 8.36. The predicted octanol–water partition coefficient (Wildman–Crippen LogP) is 3.80. The number of halogens is 2. The molecule has 1 aliphatic heterocycles. The number of aromatic amines is 1. The number of nitrogens with two attached hydrogens (primary N) is 1. The number of ether oxygens (including phenoxy) is 2. The number of amides is 1. The number of rotatable bonds is 8. The van der Waals surface area contributed by atoms with E-state index in [1.54, 1.807) is 35.4 Å². The molecule has 0 bridgehead atoms. The summed E-state index contributed by atoms with van der Waals surface area (Å²) in [6, 6.07) is 14.1. The van der Waals surface area contributed by atoms with Crippen LogP contribution in [0.25, 0.3) is 12.2 Å². The third kappa shape index (κ3) is 6.24. The molecule has 8 nitrogen and oxygen atoms in total. The van der Waals surface area contributed by atoms with E-state index in [0.29, 0.717) is 42.6 Å². The molecule has 202 valence electrons. The molecule has 0 spiro atoms. The van der Waals surface area contributed by atoms with Crippen LogP contribution in [0.5, 0.6) is 11.5 Å². The first kappa shape index (κ1) is 26.7. The Labute approximate surface area is 236 Å². The lowest BCUT2D eigenvalue weighted by atomic mass is 9.92. The van der Waals surface area contributed by atoms with Gasteiger partial charge >= 0.3 is 6.09 Å². The molecule has 10 heteroatoms. The van der Waals surface area contributed by atoms with Gasteiger partial charge in [0.05, 0.1) is 5.38 Å². The van der Waals surface area contributed by atoms with Gasteiger partial charge in [0.2, 0.25) is 0 Å². The van der Waals surface area contributed by atoms with Crippen molar-refractivity contribution in [3.63, 3.8) is 0 Å². The van der Waals surface area contributed by atoms with Crippen LogP contribution in [-0.4, -0.2) is 46.9 Å². The van der Waals surface area contributed by atoms with Gasteiger partial charge in [0.25, 0.3) is 0 Å². The molecule has 2 aliphatic rings. The van der Waals surface area contributed by atoms with Crippen molar-refractivity contribution in [2.75, 3.05) is 19.7 Å². The van der Waals surface area contributed by atoms with Gasteiger partial charge in [-0.25, -0.2) is 4.79 Å². The molecule has 0 saturated heterocycles. The van der Waals surface area contributed by atoms with Gasteiger partial charge in [0.1, 0.15) is 30.0 Å². The molecule has 5 rings (SSSR count). The quantitative estimate of drug-likeness (QED) is 0.143. The fourth-order valence-corrected chi connectivity index (χ4v) is 5.20. The lowest BCUT2D eigenvalue weighted by Crippen LogP contribution is -2.43. The Morgan fingerprint density at radius 1 is 1.18 bits per heavy atom. The molecule has 2 aromatic carbocycles. The summed E-state index contributed by atoms with van der Waals surface area (Å²) in [5.74, 6) is 1.12. The summed E-state index contributed by atoms with van der Waals surface area (Å²) in [4.78, 5) is 18.8. The number of carbonyl (C=O) groups is 1. The second-order valence-corrected chi connectivity index (χ2v) is 10.3. The Bertz CT molecular complexity index is 1500. The minimum atomic E-state index is -0.436. The number of hydrogen-bond acceptors (Lipinski definition) is 5. The van der Waals surface area contributed by atoms with Crippen molar-refractivity contribution in [3.8, 4) is 11.5 Å². The highest BCUT2D eigenvalue weighted by molar-refractivity contribution is 6.30. The molecule has 0 fully saturated rings. The molecule has 2 heterocycles. The summed E-state index contributed by atoms with van der Waals surface area (Å²) in [6.07, 6.45) is 8.31. The van der Waals surface area contributed by atoms with E-state index in [4.69, 9.17) is 43.8 Å². The number of alkyl halides is 1. The van der Waals surface area contributed by atoms with E-state index in [9.17, 15) is 4.79 Å². The Hall–Kier alpha value is -3.88. The second-order valence-electron chi connectivity index (χ2n) is 9.30. The average Bonchev–Trinajstić information content (AvgIpc) is 3.29. The van der Waals surface area contributed by atoms with Gasteiger partial charge < -0.3 is 25.5 Å². The van der Waals surface area contributed by atoms with Crippen molar-refractivity contribution in [1.29, 1.82) is 5.41 Å². The zero-order valence-corrected chi connectivity index (χ0v) is 22.6. The van der Waals surface area contributed by atoms with Crippen molar-refractivity contribution in [1.82, 2.24) is 15.2 Å². The number of fused-ring (bicyclic) bond motifs is 3. The van der Waals surface area contributed by atoms with Crippen molar-refractivity contribution in [2.24, 2.45) is 5.73 Å².